The summed E-state index contributed by atoms with van der Waals surface area (Å²) in [5.41, 5.74) is 0.792. The van der Waals surface area contributed by atoms with E-state index in [-0.39, 0.29) is 0 Å². The van der Waals surface area contributed by atoms with E-state index in [9.17, 15) is 5.11 Å². The van der Waals surface area contributed by atoms with E-state index in [0.29, 0.717) is 37.9 Å². The van der Waals surface area contributed by atoms with E-state index in [4.69, 9.17) is 9.47 Å². The number of nitrogens with one attached hydrogen (secondary N) is 1. The maximum Gasteiger partial charge on any atom is 0.164 e. The van der Waals surface area contributed by atoms with Crippen molar-refractivity contribution in [2.24, 2.45) is 7.05 Å². The number of aromatic nitrogens is 3. The first kappa shape index (κ1) is 13.8. The van der Waals surface area contributed by atoms with Crippen LogP contribution in [0.5, 0.6) is 11.5 Å². The molecule has 1 aliphatic heterocycles. The van der Waals surface area contributed by atoms with Gasteiger partial charge < -0.3 is 19.9 Å². The number of aliphatic hydroxyl groups is 1. The molecule has 2 aromatic rings. The van der Waals surface area contributed by atoms with E-state index in [2.05, 4.69) is 15.4 Å². The molecular weight excluding hydrogens is 272 g/mol. The molecule has 0 saturated carbocycles. The fourth-order valence-corrected chi connectivity index (χ4v) is 2.17. The van der Waals surface area contributed by atoms with Crippen LogP contribution in [0.1, 0.15) is 17.5 Å². The minimum absolute atomic E-state index is 0.415. The van der Waals surface area contributed by atoms with Gasteiger partial charge in [0.25, 0.3) is 0 Å². The number of fused-ring (bicyclic) bond motifs is 1. The van der Waals surface area contributed by atoms with Gasteiger partial charge in [0.15, 0.2) is 17.3 Å². The average molecular weight is 290 g/mol. The molecule has 2 N–H and O–H groups in total. The lowest BCUT2D eigenvalue weighted by molar-refractivity contribution is 0.163. The van der Waals surface area contributed by atoms with Crippen LogP contribution >= 0.6 is 0 Å². The van der Waals surface area contributed by atoms with Gasteiger partial charge in [0.2, 0.25) is 0 Å². The van der Waals surface area contributed by atoms with E-state index in [1.165, 1.54) is 0 Å². The Morgan fingerprint density at radius 1 is 1.33 bits per heavy atom. The molecule has 112 valence electrons. The number of nitrogens with zero attached hydrogens (tertiary/aromatic N) is 3. The van der Waals surface area contributed by atoms with Crippen molar-refractivity contribution in [3.8, 4) is 11.5 Å². The van der Waals surface area contributed by atoms with Crippen molar-refractivity contribution < 1.29 is 14.6 Å². The van der Waals surface area contributed by atoms with Crippen molar-refractivity contribution in [1.82, 2.24) is 20.1 Å². The van der Waals surface area contributed by atoms with E-state index in [1.54, 1.807) is 11.0 Å². The third kappa shape index (κ3) is 3.32. The third-order valence-electron chi connectivity index (χ3n) is 3.22. The zero-order valence-electron chi connectivity index (χ0n) is 11.8. The van der Waals surface area contributed by atoms with Crippen molar-refractivity contribution in [3.05, 3.63) is 35.9 Å². The maximum absolute atomic E-state index is 10.2. The summed E-state index contributed by atoms with van der Waals surface area (Å²) in [6.07, 6.45) is 1.03. The van der Waals surface area contributed by atoms with Gasteiger partial charge in [-0.3, -0.25) is 4.68 Å². The minimum Gasteiger partial charge on any atom is -0.486 e. The van der Waals surface area contributed by atoms with Crippen molar-refractivity contribution >= 4 is 0 Å². The van der Waals surface area contributed by atoms with Gasteiger partial charge in [-0.2, -0.15) is 5.10 Å². The Morgan fingerprint density at radius 3 is 2.90 bits per heavy atom. The first-order chi connectivity index (χ1) is 10.2. The molecule has 1 aliphatic rings. The van der Waals surface area contributed by atoms with E-state index >= 15 is 0 Å². The Kier molecular flexibility index (Phi) is 4.03. The summed E-state index contributed by atoms with van der Waals surface area (Å²) in [6, 6.07) is 5.49. The molecule has 7 heteroatoms. The Bertz CT molecular complexity index is 614. The molecule has 0 fully saturated rings. The highest BCUT2D eigenvalue weighted by atomic mass is 16.6. The smallest absolute Gasteiger partial charge is 0.164 e. The number of hydrogen-bond acceptors (Lipinski definition) is 6. The molecule has 21 heavy (non-hydrogen) atoms. The summed E-state index contributed by atoms with van der Waals surface area (Å²) in [4.78, 5) is 4.11. The largest absolute Gasteiger partial charge is 0.486 e. The molecule has 1 unspecified atom stereocenters. The molecule has 0 radical (unpaired) electrons. The number of ether oxygens (including phenoxy) is 2. The van der Waals surface area contributed by atoms with Crippen LogP contribution in [0.3, 0.4) is 0 Å². The van der Waals surface area contributed by atoms with Crippen LogP contribution in [0.15, 0.2) is 24.5 Å². The van der Waals surface area contributed by atoms with Crippen molar-refractivity contribution in [3.63, 3.8) is 0 Å². The van der Waals surface area contributed by atoms with E-state index < -0.39 is 6.10 Å². The summed E-state index contributed by atoms with van der Waals surface area (Å²) >= 11 is 0. The number of benzene rings is 1. The van der Waals surface area contributed by atoms with E-state index in [0.717, 1.165) is 11.3 Å². The molecule has 3 rings (SSSR count). The first-order valence-electron chi connectivity index (χ1n) is 6.85. The van der Waals surface area contributed by atoms with Gasteiger partial charge in [-0.05, 0) is 17.7 Å². The van der Waals surface area contributed by atoms with Crippen molar-refractivity contribution in [2.75, 3.05) is 19.8 Å². The number of hydrogen-bond donors (Lipinski definition) is 2. The average Bonchev–Trinajstić information content (AvgIpc) is 2.92. The Hall–Kier alpha value is -2.12. The molecule has 1 atom stereocenters. The Labute approximate surface area is 122 Å². The highest BCUT2D eigenvalue weighted by molar-refractivity contribution is 5.44. The van der Waals surface area contributed by atoms with Crippen LogP contribution in [0.25, 0.3) is 0 Å². The molecule has 7 nitrogen and oxygen atoms in total. The topological polar surface area (TPSA) is 81.4 Å². The summed E-state index contributed by atoms with van der Waals surface area (Å²) in [5, 5.41) is 17.5. The van der Waals surface area contributed by atoms with Crippen molar-refractivity contribution in [1.29, 1.82) is 0 Å². The monoisotopic (exact) mass is 290 g/mol. The quantitative estimate of drug-likeness (QED) is 0.830. The maximum atomic E-state index is 10.2. The zero-order chi connectivity index (χ0) is 14.7. The summed E-state index contributed by atoms with van der Waals surface area (Å²) in [7, 11) is 1.82. The normalized spacial score (nSPS) is 15.0. The number of aryl methyl sites for hydroxylation is 1. The van der Waals surface area contributed by atoms with Gasteiger partial charge in [-0.1, -0.05) is 6.07 Å². The molecule has 0 spiro atoms. The fourth-order valence-electron chi connectivity index (χ4n) is 2.17. The number of aliphatic hydroxyl groups excluding tert-OH is 1. The molecular formula is C14H18N4O3. The predicted octanol–water partition coefficient (Wildman–Crippen LogP) is 0.409. The lowest BCUT2D eigenvalue weighted by Gasteiger charge is -2.20. The Balaban J connectivity index is 1.56. The van der Waals surface area contributed by atoms with Crippen molar-refractivity contribution in [2.45, 2.75) is 12.6 Å². The second-order valence-electron chi connectivity index (χ2n) is 4.88. The molecule has 1 aromatic carbocycles. The Morgan fingerprint density at radius 2 is 2.14 bits per heavy atom. The van der Waals surface area contributed by atoms with Crippen LogP contribution < -0.4 is 14.8 Å². The molecule has 1 aromatic heterocycles. The molecule has 0 amide bonds. The van der Waals surface area contributed by atoms with Crippen LogP contribution in [0.2, 0.25) is 0 Å². The van der Waals surface area contributed by atoms with Crippen LogP contribution in [-0.2, 0) is 13.6 Å². The highest BCUT2D eigenvalue weighted by Gasteiger charge is 2.15. The SMILES string of the molecule is Cn1cnc(CNCC(O)c2ccc3c(c2)OCCO3)n1. The molecule has 0 bridgehead atoms. The standard InChI is InChI=1S/C14H18N4O3/c1-18-9-16-14(17-18)8-15-7-11(19)10-2-3-12-13(6-10)21-5-4-20-12/h2-3,6,9,11,15,19H,4-5,7-8H2,1H3. The second kappa shape index (κ2) is 6.11. The zero-order valence-corrected chi connectivity index (χ0v) is 11.8. The molecule has 0 aliphatic carbocycles. The fraction of sp³-hybridized carbons (Fsp3) is 0.429. The first-order valence-corrected chi connectivity index (χ1v) is 6.85. The van der Waals surface area contributed by atoms with Gasteiger partial charge in [0, 0.05) is 13.6 Å². The van der Waals surface area contributed by atoms with Gasteiger partial charge >= 0.3 is 0 Å². The minimum atomic E-state index is -0.621. The predicted molar refractivity (Wildman–Crippen MR) is 75.1 cm³/mol. The lowest BCUT2D eigenvalue weighted by atomic mass is 10.1. The van der Waals surface area contributed by atoms with Crippen LogP contribution in [0, 0.1) is 0 Å². The van der Waals surface area contributed by atoms with Gasteiger partial charge in [-0.25, -0.2) is 4.98 Å². The van der Waals surface area contributed by atoms with Crippen LogP contribution in [-0.4, -0.2) is 39.6 Å². The molecule has 0 saturated heterocycles. The van der Waals surface area contributed by atoms with Crippen LogP contribution in [0.4, 0.5) is 0 Å². The summed E-state index contributed by atoms with van der Waals surface area (Å²) in [6.45, 7) is 2.03. The lowest BCUT2D eigenvalue weighted by Crippen LogP contribution is -2.22. The second-order valence-corrected chi connectivity index (χ2v) is 4.88. The third-order valence-corrected chi connectivity index (χ3v) is 3.22. The van der Waals surface area contributed by atoms with Gasteiger partial charge in [0.1, 0.15) is 19.5 Å². The summed E-state index contributed by atoms with van der Waals surface area (Å²) in [5.74, 6) is 2.11. The summed E-state index contributed by atoms with van der Waals surface area (Å²) < 4.78 is 12.6. The molecule has 2 heterocycles. The highest BCUT2D eigenvalue weighted by Crippen LogP contribution is 2.32. The van der Waals surface area contributed by atoms with E-state index in [1.807, 2.05) is 25.2 Å². The number of rotatable bonds is 5. The van der Waals surface area contributed by atoms with Gasteiger partial charge in [0.05, 0.1) is 12.6 Å². The van der Waals surface area contributed by atoms with Gasteiger partial charge in [-0.15, -0.1) is 0 Å².